The van der Waals surface area contributed by atoms with Crippen LogP contribution in [0.15, 0.2) is 115 Å². The summed E-state index contributed by atoms with van der Waals surface area (Å²) in [5.41, 5.74) is 2.72. The molecule has 0 aliphatic heterocycles. The SMILES string of the molecule is Cc1ccc(C[Si](c2ccccc2)(c2ccccc2)c2ccccc2)cc1. The Hall–Kier alpha value is -2.90. The van der Waals surface area contributed by atoms with Gasteiger partial charge in [-0.05, 0) is 34.1 Å². The van der Waals surface area contributed by atoms with Crippen molar-refractivity contribution in [3.05, 3.63) is 126 Å². The number of benzene rings is 4. The molecule has 0 heterocycles. The molecule has 1 heteroatoms. The molecule has 0 aromatic heterocycles. The highest BCUT2D eigenvalue weighted by Gasteiger charge is 2.39. The van der Waals surface area contributed by atoms with Gasteiger partial charge in [-0.3, -0.25) is 0 Å². The molecule has 0 atom stereocenters. The fourth-order valence-electron chi connectivity index (χ4n) is 3.99. The van der Waals surface area contributed by atoms with E-state index >= 15 is 0 Å². The Morgan fingerprint density at radius 1 is 0.481 bits per heavy atom. The number of hydrogen-bond acceptors (Lipinski definition) is 0. The lowest BCUT2D eigenvalue weighted by Gasteiger charge is -2.34. The van der Waals surface area contributed by atoms with Gasteiger partial charge < -0.3 is 0 Å². The second-order valence-corrected chi connectivity index (χ2v) is 11.1. The Morgan fingerprint density at radius 2 is 0.852 bits per heavy atom. The first-order chi connectivity index (χ1) is 13.3. The van der Waals surface area contributed by atoms with Gasteiger partial charge in [0.1, 0.15) is 0 Å². The molecule has 0 nitrogen and oxygen atoms in total. The minimum absolute atomic E-state index is 1.06. The van der Waals surface area contributed by atoms with Crippen LogP contribution in [-0.4, -0.2) is 8.07 Å². The van der Waals surface area contributed by atoms with Crippen LogP contribution < -0.4 is 15.6 Å². The van der Waals surface area contributed by atoms with Crippen molar-refractivity contribution in [3.8, 4) is 0 Å². The quantitative estimate of drug-likeness (QED) is 0.367. The summed E-state index contributed by atoms with van der Waals surface area (Å²) in [6.45, 7) is 2.15. The fraction of sp³-hybridized carbons (Fsp3) is 0.0769. The smallest absolute Gasteiger partial charge is 0.0624 e. The van der Waals surface area contributed by atoms with Gasteiger partial charge in [0.2, 0.25) is 0 Å². The van der Waals surface area contributed by atoms with E-state index in [2.05, 4.69) is 122 Å². The Kier molecular flexibility index (Phi) is 5.04. The van der Waals surface area contributed by atoms with Gasteiger partial charge in [-0.25, -0.2) is 0 Å². The van der Waals surface area contributed by atoms with Crippen LogP contribution in [0.2, 0.25) is 0 Å². The molecule has 4 aromatic carbocycles. The average Bonchev–Trinajstić information content (AvgIpc) is 2.75. The van der Waals surface area contributed by atoms with Gasteiger partial charge in [0, 0.05) is 0 Å². The predicted octanol–water partition coefficient (Wildman–Crippen LogP) is 4.25. The van der Waals surface area contributed by atoms with Gasteiger partial charge >= 0.3 is 0 Å². The van der Waals surface area contributed by atoms with E-state index in [1.165, 1.54) is 26.7 Å². The molecule has 4 rings (SSSR count). The molecule has 0 bridgehead atoms. The molecular weight excluding hydrogens is 340 g/mol. The monoisotopic (exact) mass is 364 g/mol. The largest absolute Gasteiger partial charge is 0.152 e. The standard InChI is InChI=1S/C26H24Si/c1-22-17-19-23(20-18-22)21-27(24-11-5-2-6-12-24,25-13-7-3-8-14-25)26-15-9-4-10-16-26/h2-20H,21H2,1H3. The first kappa shape index (κ1) is 17.5. The Morgan fingerprint density at radius 3 is 1.22 bits per heavy atom. The minimum Gasteiger partial charge on any atom is -0.0624 e. The third-order valence-electron chi connectivity index (χ3n) is 5.39. The molecule has 0 amide bonds. The molecule has 0 aliphatic rings. The Bertz CT molecular complexity index is 878. The summed E-state index contributed by atoms with van der Waals surface area (Å²) in [4.78, 5) is 0. The van der Waals surface area contributed by atoms with Crippen LogP contribution in [0, 0.1) is 6.92 Å². The van der Waals surface area contributed by atoms with Gasteiger partial charge in [-0.1, -0.05) is 121 Å². The summed E-state index contributed by atoms with van der Waals surface area (Å²) in [6, 6.07) is 43.5. The molecule has 0 radical (unpaired) electrons. The highest BCUT2D eigenvalue weighted by molar-refractivity contribution is 7.11. The van der Waals surface area contributed by atoms with Crippen LogP contribution in [0.4, 0.5) is 0 Å². The zero-order valence-electron chi connectivity index (χ0n) is 15.7. The summed E-state index contributed by atoms with van der Waals surface area (Å²) < 4.78 is 0. The zero-order valence-corrected chi connectivity index (χ0v) is 16.7. The summed E-state index contributed by atoms with van der Waals surface area (Å²) in [5.74, 6) is 0. The predicted molar refractivity (Wildman–Crippen MR) is 119 cm³/mol. The number of hydrogen-bond donors (Lipinski definition) is 0. The molecule has 27 heavy (non-hydrogen) atoms. The molecule has 4 aromatic rings. The number of aryl methyl sites for hydroxylation is 1. The number of rotatable bonds is 5. The van der Waals surface area contributed by atoms with E-state index in [0.717, 1.165) is 6.04 Å². The van der Waals surface area contributed by atoms with E-state index in [-0.39, 0.29) is 0 Å². The van der Waals surface area contributed by atoms with E-state index in [9.17, 15) is 0 Å². The van der Waals surface area contributed by atoms with Crippen molar-refractivity contribution in [1.29, 1.82) is 0 Å². The van der Waals surface area contributed by atoms with Crippen molar-refractivity contribution in [2.24, 2.45) is 0 Å². The molecular formula is C26H24Si. The van der Waals surface area contributed by atoms with Gasteiger partial charge in [-0.2, -0.15) is 0 Å². The van der Waals surface area contributed by atoms with Crippen molar-refractivity contribution >= 4 is 23.6 Å². The van der Waals surface area contributed by atoms with Crippen LogP contribution in [0.1, 0.15) is 11.1 Å². The van der Waals surface area contributed by atoms with Gasteiger partial charge in [0.25, 0.3) is 0 Å². The van der Waals surface area contributed by atoms with Crippen LogP contribution in [0.25, 0.3) is 0 Å². The van der Waals surface area contributed by atoms with Crippen molar-refractivity contribution in [2.45, 2.75) is 13.0 Å². The topological polar surface area (TPSA) is 0 Å². The van der Waals surface area contributed by atoms with Gasteiger partial charge in [0.15, 0.2) is 8.07 Å². The maximum Gasteiger partial charge on any atom is 0.152 e. The molecule has 0 N–H and O–H groups in total. The summed E-state index contributed by atoms with van der Waals surface area (Å²) in [7, 11) is -2.18. The molecule has 132 valence electrons. The second kappa shape index (κ2) is 7.77. The van der Waals surface area contributed by atoms with Crippen LogP contribution in [-0.2, 0) is 6.04 Å². The highest BCUT2D eigenvalue weighted by atomic mass is 28.3. The highest BCUT2D eigenvalue weighted by Crippen LogP contribution is 2.15. The summed E-state index contributed by atoms with van der Waals surface area (Å²) >= 11 is 0. The van der Waals surface area contributed by atoms with Crippen molar-refractivity contribution < 1.29 is 0 Å². The molecule has 0 aliphatic carbocycles. The summed E-state index contributed by atoms with van der Waals surface area (Å²) in [5, 5.41) is 4.38. The summed E-state index contributed by atoms with van der Waals surface area (Å²) in [6.07, 6.45) is 0. The van der Waals surface area contributed by atoms with Gasteiger partial charge in [0.05, 0.1) is 0 Å². The Labute approximate surface area is 163 Å². The average molecular weight is 365 g/mol. The maximum absolute atomic E-state index is 2.32. The normalized spacial score (nSPS) is 11.3. The van der Waals surface area contributed by atoms with Gasteiger partial charge in [-0.15, -0.1) is 0 Å². The van der Waals surface area contributed by atoms with E-state index < -0.39 is 8.07 Å². The zero-order chi connectivity index (χ0) is 18.5. The minimum atomic E-state index is -2.18. The lowest BCUT2D eigenvalue weighted by molar-refractivity contribution is 1.32. The van der Waals surface area contributed by atoms with E-state index in [1.54, 1.807) is 0 Å². The van der Waals surface area contributed by atoms with E-state index in [1.807, 2.05) is 0 Å². The van der Waals surface area contributed by atoms with Crippen molar-refractivity contribution in [3.63, 3.8) is 0 Å². The van der Waals surface area contributed by atoms with Crippen molar-refractivity contribution in [1.82, 2.24) is 0 Å². The molecule has 0 spiro atoms. The molecule has 0 saturated carbocycles. The molecule has 0 fully saturated rings. The van der Waals surface area contributed by atoms with Crippen molar-refractivity contribution in [2.75, 3.05) is 0 Å². The molecule has 0 unspecified atom stereocenters. The Balaban J connectivity index is 1.98. The third-order valence-corrected chi connectivity index (χ3v) is 10.3. The van der Waals surface area contributed by atoms with Crippen LogP contribution in [0.5, 0.6) is 0 Å². The first-order valence-corrected chi connectivity index (χ1v) is 11.7. The first-order valence-electron chi connectivity index (χ1n) is 9.51. The van der Waals surface area contributed by atoms with E-state index in [4.69, 9.17) is 0 Å². The second-order valence-electron chi connectivity index (χ2n) is 7.17. The van der Waals surface area contributed by atoms with Crippen LogP contribution in [0.3, 0.4) is 0 Å². The lowest BCUT2D eigenvalue weighted by atomic mass is 10.2. The van der Waals surface area contributed by atoms with Crippen LogP contribution >= 0.6 is 0 Å². The maximum atomic E-state index is 2.32. The molecule has 0 saturated heterocycles. The lowest BCUT2D eigenvalue weighted by Crippen LogP contribution is -2.68. The van der Waals surface area contributed by atoms with E-state index in [0.29, 0.717) is 0 Å². The fourth-order valence-corrected chi connectivity index (χ4v) is 8.73. The third kappa shape index (κ3) is 3.51.